The van der Waals surface area contributed by atoms with Crippen LogP contribution in [-0.4, -0.2) is 21.5 Å². The summed E-state index contributed by atoms with van der Waals surface area (Å²) in [4.78, 5) is 21.6. The Morgan fingerprint density at radius 2 is 2.21 bits per heavy atom. The van der Waals surface area contributed by atoms with Crippen molar-refractivity contribution >= 4 is 23.3 Å². The highest BCUT2D eigenvalue weighted by atomic mass is 35.5. The summed E-state index contributed by atoms with van der Waals surface area (Å²) in [5.74, 6) is -0.923. The van der Waals surface area contributed by atoms with Gasteiger partial charge in [-0.05, 0) is 25.3 Å². The van der Waals surface area contributed by atoms with Crippen LogP contribution < -0.4 is 5.32 Å². The SMILES string of the molecule is O=C(O)C1(NCc2c(Cl)cccc2[N+](=O)[O-])CCC1. The van der Waals surface area contributed by atoms with Crippen LogP contribution in [-0.2, 0) is 11.3 Å². The third kappa shape index (κ3) is 2.54. The third-order valence-electron chi connectivity index (χ3n) is 3.51. The molecule has 0 radical (unpaired) electrons. The Bertz CT molecular complexity index is 528. The lowest BCUT2D eigenvalue weighted by Gasteiger charge is -2.38. The minimum absolute atomic E-state index is 0.0717. The Morgan fingerprint density at radius 1 is 1.53 bits per heavy atom. The molecule has 1 aliphatic rings. The van der Waals surface area contributed by atoms with Crippen molar-refractivity contribution in [2.75, 3.05) is 0 Å². The van der Waals surface area contributed by atoms with Crippen LogP contribution in [0.3, 0.4) is 0 Å². The number of benzene rings is 1. The normalized spacial score (nSPS) is 16.7. The van der Waals surface area contributed by atoms with Crippen LogP contribution in [0.15, 0.2) is 18.2 Å². The molecule has 1 aromatic rings. The number of carboxylic acids is 1. The Balaban J connectivity index is 2.20. The predicted octanol–water partition coefficient (Wildman–Crippen LogP) is 2.35. The molecule has 7 heteroatoms. The number of hydrogen-bond donors (Lipinski definition) is 2. The second kappa shape index (κ2) is 5.14. The molecule has 1 fully saturated rings. The summed E-state index contributed by atoms with van der Waals surface area (Å²) in [6, 6.07) is 4.41. The number of carboxylic acid groups (broad SMARTS) is 1. The fourth-order valence-corrected chi connectivity index (χ4v) is 2.38. The zero-order valence-corrected chi connectivity index (χ0v) is 10.8. The second-order valence-corrected chi connectivity index (χ2v) is 5.00. The highest BCUT2D eigenvalue weighted by Crippen LogP contribution is 2.34. The molecule has 0 bridgehead atoms. The first-order valence-corrected chi connectivity index (χ1v) is 6.24. The lowest BCUT2D eigenvalue weighted by Crippen LogP contribution is -2.56. The molecule has 0 aliphatic heterocycles. The van der Waals surface area contributed by atoms with E-state index in [-0.39, 0.29) is 17.3 Å². The molecule has 0 spiro atoms. The summed E-state index contributed by atoms with van der Waals surface area (Å²) in [6.07, 6.45) is 1.89. The van der Waals surface area contributed by atoms with Gasteiger partial charge in [0, 0.05) is 12.6 Å². The summed E-state index contributed by atoms with van der Waals surface area (Å²) in [5.41, 5.74) is -0.742. The maximum atomic E-state index is 11.2. The molecule has 6 nitrogen and oxygen atoms in total. The number of halogens is 1. The molecular formula is C12H13ClN2O4. The lowest BCUT2D eigenvalue weighted by molar-refractivity contribution is -0.385. The fourth-order valence-electron chi connectivity index (χ4n) is 2.15. The van der Waals surface area contributed by atoms with Crippen LogP contribution >= 0.6 is 11.6 Å². The Morgan fingerprint density at radius 3 is 2.68 bits per heavy atom. The predicted molar refractivity (Wildman–Crippen MR) is 69.2 cm³/mol. The smallest absolute Gasteiger partial charge is 0.323 e. The van der Waals surface area contributed by atoms with E-state index in [2.05, 4.69) is 5.32 Å². The van der Waals surface area contributed by atoms with Gasteiger partial charge in [-0.3, -0.25) is 20.2 Å². The van der Waals surface area contributed by atoms with Crippen molar-refractivity contribution in [1.29, 1.82) is 0 Å². The van der Waals surface area contributed by atoms with Gasteiger partial charge < -0.3 is 5.11 Å². The molecule has 0 unspecified atom stereocenters. The number of nitro groups is 1. The van der Waals surface area contributed by atoms with Crippen molar-refractivity contribution in [3.8, 4) is 0 Å². The quantitative estimate of drug-likeness (QED) is 0.639. The van der Waals surface area contributed by atoms with E-state index in [1.54, 1.807) is 6.07 Å². The van der Waals surface area contributed by atoms with Crippen molar-refractivity contribution in [2.24, 2.45) is 0 Å². The molecule has 0 atom stereocenters. The van der Waals surface area contributed by atoms with Gasteiger partial charge in [-0.25, -0.2) is 0 Å². The van der Waals surface area contributed by atoms with Gasteiger partial charge in [-0.15, -0.1) is 0 Å². The number of nitro benzene ring substituents is 1. The number of aliphatic carboxylic acids is 1. The van der Waals surface area contributed by atoms with Gasteiger partial charge in [0.2, 0.25) is 0 Å². The average molecular weight is 285 g/mol. The fraction of sp³-hybridized carbons (Fsp3) is 0.417. The topological polar surface area (TPSA) is 92.5 Å². The van der Waals surface area contributed by atoms with Gasteiger partial charge in [-0.1, -0.05) is 17.7 Å². The molecule has 0 heterocycles. The van der Waals surface area contributed by atoms with E-state index in [9.17, 15) is 20.0 Å². The van der Waals surface area contributed by atoms with E-state index in [1.807, 2.05) is 0 Å². The molecule has 0 saturated heterocycles. The summed E-state index contributed by atoms with van der Waals surface area (Å²) in [6.45, 7) is 0.0717. The molecule has 102 valence electrons. The minimum atomic E-state index is -0.965. The number of rotatable bonds is 5. The first-order valence-electron chi connectivity index (χ1n) is 5.86. The van der Waals surface area contributed by atoms with E-state index in [0.29, 0.717) is 18.4 Å². The van der Waals surface area contributed by atoms with Crippen molar-refractivity contribution in [3.63, 3.8) is 0 Å². The van der Waals surface area contributed by atoms with Gasteiger partial charge in [0.1, 0.15) is 5.54 Å². The van der Waals surface area contributed by atoms with E-state index >= 15 is 0 Å². The Hall–Kier alpha value is -1.66. The summed E-state index contributed by atoms with van der Waals surface area (Å²) in [7, 11) is 0. The van der Waals surface area contributed by atoms with E-state index in [1.165, 1.54) is 12.1 Å². The van der Waals surface area contributed by atoms with Gasteiger partial charge in [-0.2, -0.15) is 0 Å². The van der Waals surface area contributed by atoms with Crippen molar-refractivity contribution < 1.29 is 14.8 Å². The molecule has 0 amide bonds. The van der Waals surface area contributed by atoms with Gasteiger partial charge in [0.15, 0.2) is 0 Å². The highest BCUT2D eigenvalue weighted by Gasteiger charge is 2.44. The zero-order chi connectivity index (χ0) is 14.0. The number of hydrogen-bond acceptors (Lipinski definition) is 4. The molecule has 1 saturated carbocycles. The van der Waals surface area contributed by atoms with E-state index < -0.39 is 16.4 Å². The number of nitrogens with one attached hydrogen (secondary N) is 1. The average Bonchev–Trinajstić information content (AvgIpc) is 2.28. The lowest BCUT2D eigenvalue weighted by atomic mass is 9.76. The first kappa shape index (κ1) is 13.8. The van der Waals surface area contributed by atoms with Gasteiger partial charge in [0.25, 0.3) is 5.69 Å². The van der Waals surface area contributed by atoms with Gasteiger partial charge >= 0.3 is 5.97 Å². The van der Waals surface area contributed by atoms with Gasteiger partial charge in [0.05, 0.1) is 15.5 Å². The standard InChI is InChI=1S/C12H13ClN2O4/c13-9-3-1-4-10(15(18)19)8(9)7-14-12(11(16)17)5-2-6-12/h1,3-4,14H,2,5-7H2,(H,16,17). The van der Waals surface area contributed by atoms with Crippen LogP contribution in [0.4, 0.5) is 5.69 Å². The third-order valence-corrected chi connectivity index (χ3v) is 3.86. The Kier molecular flexibility index (Phi) is 3.73. The van der Waals surface area contributed by atoms with Crippen molar-refractivity contribution in [2.45, 2.75) is 31.3 Å². The molecule has 19 heavy (non-hydrogen) atoms. The maximum absolute atomic E-state index is 11.2. The zero-order valence-electron chi connectivity index (χ0n) is 10.1. The van der Waals surface area contributed by atoms with Crippen LogP contribution in [0.1, 0.15) is 24.8 Å². The summed E-state index contributed by atoms with van der Waals surface area (Å²) in [5, 5.41) is 23.3. The van der Waals surface area contributed by atoms with E-state index in [4.69, 9.17) is 11.6 Å². The monoisotopic (exact) mass is 284 g/mol. The Labute approximate surface area is 114 Å². The molecule has 2 rings (SSSR count). The molecular weight excluding hydrogens is 272 g/mol. The van der Waals surface area contributed by atoms with Crippen LogP contribution in [0.5, 0.6) is 0 Å². The molecule has 0 aromatic heterocycles. The van der Waals surface area contributed by atoms with E-state index in [0.717, 1.165) is 6.42 Å². The largest absolute Gasteiger partial charge is 0.480 e. The number of carbonyl (C=O) groups is 1. The second-order valence-electron chi connectivity index (χ2n) is 4.59. The van der Waals surface area contributed by atoms with Crippen LogP contribution in [0.2, 0.25) is 5.02 Å². The number of nitrogens with zero attached hydrogens (tertiary/aromatic N) is 1. The summed E-state index contributed by atoms with van der Waals surface area (Å²) < 4.78 is 0. The molecule has 1 aromatic carbocycles. The van der Waals surface area contributed by atoms with Crippen molar-refractivity contribution in [1.82, 2.24) is 5.32 Å². The first-order chi connectivity index (χ1) is 8.96. The maximum Gasteiger partial charge on any atom is 0.323 e. The van der Waals surface area contributed by atoms with Crippen LogP contribution in [0, 0.1) is 10.1 Å². The minimum Gasteiger partial charge on any atom is -0.480 e. The summed E-state index contributed by atoms with van der Waals surface area (Å²) >= 11 is 5.95. The molecule has 2 N–H and O–H groups in total. The highest BCUT2D eigenvalue weighted by molar-refractivity contribution is 6.31. The molecule has 1 aliphatic carbocycles. The van der Waals surface area contributed by atoms with Crippen LogP contribution in [0.25, 0.3) is 0 Å². The van der Waals surface area contributed by atoms with Crippen molar-refractivity contribution in [3.05, 3.63) is 38.9 Å².